The van der Waals surface area contributed by atoms with Crippen molar-refractivity contribution in [1.82, 2.24) is 15.1 Å². The Labute approximate surface area is 223 Å². The van der Waals surface area contributed by atoms with Gasteiger partial charge in [-0.15, -0.1) is 0 Å². The number of hydrogen-bond acceptors (Lipinski definition) is 3. The zero-order valence-electron chi connectivity index (χ0n) is 21.8. The van der Waals surface area contributed by atoms with Crippen molar-refractivity contribution in [2.75, 3.05) is 32.7 Å². The monoisotopic (exact) mass is 535 g/mol. The molecule has 1 unspecified atom stereocenters. The minimum atomic E-state index is -4.38. The molecule has 0 aliphatic carbocycles. The van der Waals surface area contributed by atoms with E-state index in [9.17, 15) is 18.0 Å². The second kappa shape index (κ2) is 11.3. The van der Waals surface area contributed by atoms with E-state index < -0.39 is 11.7 Å². The summed E-state index contributed by atoms with van der Waals surface area (Å²) >= 11 is 6.15. The van der Waals surface area contributed by atoms with Gasteiger partial charge in [-0.2, -0.15) is 13.2 Å². The van der Waals surface area contributed by atoms with Crippen LogP contribution in [-0.4, -0.2) is 54.5 Å². The summed E-state index contributed by atoms with van der Waals surface area (Å²) in [6.07, 6.45) is -1.75. The van der Waals surface area contributed by atoms with Crippen LogP contribution in [0.1, 0.15) is 62.8 Å². The molecule has 2 atom stereocenters. The Bertz CT molecular complexity index is 1040. The molecular formula is C29H37ClF3N3O. The van der Waals surface area contributed by atoms with Gasteiger partial charge in [-0.1, -0.05) is 56.6 Å². The molecule has 202 valence electrons. The van der Waals surface area contributed by atoms with Crippen LogP contribution >= 0.6 is 11.6 Å². The van der Waals surface area contributed by atoms with Gasteiger partial charge >= 0.3 is 6.18 Å². The fraction of sp³-hybridized carbons (Fsp3) is 0.552. The van der Waals surface area contributed by atoms with Gasteiger partial charge in [0.2, 0.25) is 5.91 Å². The van der Waals surface area contributed by atoms with Gasteiger partial charge < -0.3 is 10.2 Å². The van der Waals surface area contributed by atoms with E-state index in [1.54, 1.807) is 12.1 Å². The predicted octanol–water partition coefficient (Wildman–Crippen LogP) is 6.40. The first kappa shape index (κ1) is 27.9. The second-order valence-electron chi connectivity index (χ2n) is 11.4. The van der Waals surface area contributed by atoms with Crippen molar-refractivity contribution in [3.63, 3.8) is 0 Å². The van der Waals surface area contributed by atoms with Gasteiger partial charge in [0.1, 0.15) is 0 Å². The third kappa shape index (κ3) is 6.87. The van der Waals surface area contributed by atoms with Crippen LogP contribution in [0.25, 0.3) is 0 Å². The summed E-state index contributed by atoms with van der Waals surface area (Å²) in [5, 5.41) is 3.97. The van der Waals surface area contributed by atoms with E-state index in [1.165, 1.54) is 0 Å². The Morgan fingerprint density at radius 1 is 0.973 bits per heavy atom. The van der Waals surface area contributed by atoms with Crippen LogP contribution in [0.2, 0.25) is 5.02 Å². The number of nitrogens with one attached hydrogen (secondary N) is 1. The molecule has 0 aromatic heterocycles. The minimum absolute atomic E-state index is 0.0142. The molecule has 0 saturated carbocycles. The molecule has 2 aliphatic rings. The number of hydrogen-bond donors (Lipinski definition) is 1. The topological polar surface area (TPSA) is 35.6 Å². The van der Waals surface area contributed by atoms with Crippen molar-refractivity contribution in [3.05, 3.63) is 70.2 Å². The summed E-state index contributed by atoms with van der Waals surface area (Å²) in [6.45, 7) is 10.3. The molecular weight excluding hydrogens is 499 g/mol. The highest BCUT2D eigenvalue weighted by atomic mass is 35.5. The smallest absolute Gasteiger partial charge is 0.337 e. The van der Waals surface area contributed by atoms with Crippen molar-refractivity contribution in [1.29, 1.82) is 0 Å². The lowest BCUT2D eigenvalue weighted by atomic mass is 9.82. The molecule has 0 bridgehead atoms. The van der Waals surface area contributed by atoms with Crippen LogP contribution < -0.4 is 5.32 Å². The third-order valence-corrected chi connectivity index (χ3v) is 8.01. The fourth-order valence-electron chi connectivity index (χ4n) is 5.64. The van der Waals surface area contributed by atoms with E-state index in [-0.39, 0.29) is 23.4 Å². The lowest BCUT2D eigenvalue weighted by Gasteiger charge is -2.49. The average Bonchev–Trinajstić information content (AvgIpc) is 2.85. The minimum Gasteiger partial charge on any atom is -0.337 e. The fourth-order valence-corrected chi connectivity index (χ4v) is 5.77. The number of carbonyl (C=O) groups excluding carboxylic acids is 1. The van der Waals surface area contributed by atoms with Gasteiger partial charge in [-0.3, -0.25) is 9.69 Å². The van der Waals surface area contributed by atoms with E-state index in [0.717, 1.165) is 49.2 Å². The van der Waals surface area contributed by atoms with Crippen LogP contribution in [0.3, 0.4) is 0 Å². The molecule has 8 heteroatoms. The van der Waals surface area contributed by atoms with E-state index in [2.05, 4.69) is 35.9 Å². The molecule has 4 rings (SSSR count). The number of piperazine rings is 1. The van der Waals surface area contributed by atoms with Gasteiger partial charge in [-0.05, 0) is 72.7 Å². The maximum Gasteiger partial charge on any atom is 0.416 e. The van der Waals surface area contributed by atoms with Crippen LogP contribution in [0.5, 0.6) is 0 Å². The molecule has 2 aromatic rings. The summed E-state index contributed by atoms with van der Waals surface area (Å²) in [6, 6.07) is 12.7. The van der Waals surface area contributed by atoms with Crippen molar-refractivity contribution in [2.45, 2.75) is 58.3 Å². The summed E-state index contributed by atoms with van der Waals surface area (Å²) in [7, 11) is 0. The summed E-state index contributed by atoms with van der Waals surface area (Å²) in [5.41, 5.74) is 0.934. The van der Waals surface area contributed by atoms with Crippen molar-refractivity contribution in [2.24, 2.45) is 11.3 Å². The zero-order valence-corrected chi connectivity index (χ0v) is 22.6. The molecule has 2 saturated heterocycles. The number of alkyl halides is 3. The van der Waals surface area contributed by atoms with E-state index in [1.807, 2.05) is 24.3 Å². The average molecular weight is 536 g/mol. The number of rotatable bonds is 5. The second-order valence-corrected chi connectivity index (χ2v) is 11.9. The Morgan fingerprint density at radius 2 is 1.54 bits per heavy atom. The summed E-state index contributed by atoms with van der Waals surface area (Å²) < 4.78 is 39.7. The first-order chi connectivity index (χ1) is 17.4. The van der Waals surface area contributed by atoms with E-state index in [4.69, 9.17) is 11.6 Å². The highest BCUT2D eigenvalue weighted by molar-refractivity contribution is 6.30. The quantitative estimate of drug-likeness (QED) is 0.481. The zero-order chi connectivity index (χ0) is 26.8. The van der Waals surface area contributed by atoms with Crippen molar-refractivity contribution >= 4 is 17.5 Å². The molecule has 2 fully saturated rings. The first-order valence-electron chi connectivity index (χ1n) is 13.1. The highest BCUT2D eigenvalue weighted by Crippen LogP contribution is 2.37. The SMILES string of the molecule is CC(C)(C)[C@H]1CN(C(c2ccc(Cl)cc2)c2ccc(C(F)(F)F)cc2)CCN1C(=O)CC1CCNCC1. The number of piperidine rings is 1. The molecule has 37 heavy (non-hydrogen) atoms. The molecule has 2 heterocycles. The first-order valence-corrected chi connectivity index (χ1v) is 13.5. The Balaban J connectivity index is 1.61. The number of benzene rings is 2. The Morgan fingerprint density at radius 3 is 2.08 bits per heavy atom. The standard InChI is InChI=1S/C29H37ClF3N3O/c1-28(2,3)25-19-35(16-17-36(25)26(37)18-20-12-14-34-15-13-20)27(22-6-10-24(30)11-7-22)21-4-8-23(9-5-21)29(31,32)33/h4-11,20,25,27,34H,12-19H2,1-3H3/t25-,27?/m1/s1. The number of halogens is 4. The Hall–Kier alpha value is -2.09. The molecule has 1 N–H and O–H groups in total. The van der Waals surface area contributed by atoms with Gasteiger partial charge in [-0.25, -0.2) is 0 Å². The number of amides is 1. The summed E-state index contributed by atoms with van der Waals surface area (Å²) in [5.74, 6) is 0.630. The molecule has 2 aliphatic heterocycles. The molecule has 4 nitrogen and oxygen atoms in total. The lowest BCUT2D eigenvalue weighted by Crippen LogP contribution is -2.60. The van der Waals surface area contributed by atoms with Gasteiger partial charge in [0.15, 0.2) is 0 Å². The van der Waals surface area contributed by atoms with E-state index in [0.29, 0.717) is 37.0 Å². The van der Waals surface area contributed by atoms with Crippen molar-refractivity contribution in [3.8, 4) is 0 Å². The number of nitrogens with zero attached hydrogens (tertiary/aromatic N) is 2. The molecule has 2 aromatic carbocycles. The molecule has 0 spiro atoms. The van der Waals surface area contributed by atoms with Crippen LogP contribution in [0.15, 0.2) is 48.5 Å². The maximum absolute atomic E-state index is 13.5. The predicted molar refractivity (Wildman–Crippen MR) is 141 cm³/mol. The molecule has 1 amide bonds. The van der Waals surface area contributed by atoms with Crippen LogP contribution in [-0.2, 0) is 11.0 Å². The molecule has 0 radical (unpaired) electrons. The number of carbonyl (C=O) groups is 1. The van der Waals surface area contributed by atoms with Gasteiger partial charge in [0, 0.05) is 37.1 Å². The largest absolute Gasteiger partial charge is 0.416 e. The normalized spacial score (nSPS) is 21.2. The maximum atomic E-state index is 13.5. The van der Waals surface area contributed by atoms with E-state index >= 15 is 0 Å². The highest BCUT2D eigenvalue weighted by Gasteiger charge is 2.41. The van der Waals surface area contributed by atoms with Gasteiger partial charge in [0.05, 0.1) is 11.6 Å². The lowest BCUT2D eigenvalue weighted by molar-refractivity contribution is -0.141. The van der Waals surface area contributed by atoms with Crippen molar-refractivity contribution < 1.29 is 18.0 Å². The van der Waals surface area contributed by atoms with Gasteiger partial charge in [0.25, 0.3) is 0 Å². The third-order valence-electron chi connectivity index (χ3n) is 7.76. The van der Waals surface area contributed by atoms with Crippen LogP contribution in [0, 0.1) is 11.3 Å². The van der Waals surface area contributed by atoms with Crippen LogP contribution in [0.4, 0.5) is 13.2 Å². The summed E-state index contributed by atoms with van der Waals surface area (Å²) in [4.78, 5) is 17.8. The Kier molecular flexibility index (Phi) is 8.56.